The monoisotopic (exact) mass is 193 g/mol. The minimum Gasteiger partial charge on any atom is -0.369 e. The molecule has 0 aromatic carbocycles. The van der Waals surface area contributed by atoms with Gasteiger partial charge in [-0.05, 0) is 50.4 Å². The summed E-state index contributed by atoms with van der Waals surface area (Å²) in [5.41, 5.74) is 11.4. The maximum Gasteiger partial charge on any atom is 0.224 e. The molecule has 4 fully saturated rings. The third-order valence-electron chi connectivity index (χ3n) is 4.37. The van der Waals surface area contributed by atoms with Crippen molar-refractivity contribution in [2.45, 2.75) is 37.6 Å². The summed E-state index contributed by atoms with van der Waals surface area (Å²) in [4.78, 5) is 11.5. The van der Waals surface area contributed by atoms with Crippen LogP contribution >= 0.6 is 0 Å². The van der Waals surface area contributed by atoms with E-state index >= 15 is 0 Å². The highest BCUT2D eigenvalue weighted by atomic mass is 16.1. The van der Waals surface area contributed by atoms with E-state index in [0.29, 0.717) is 11.8 Å². The van der Waals surface area contributed by atoms with Crippen LogP contribution in [-0.4, -0.2) is 11.4 Å². The number of hydrogen-bond acceptors (Lipinski definition) is 2. The summed E-state index contributed by atoms with van der Waals surface area (Å²) in [6, 6.07) is 0. The number of hydrogen-bond donors (Lipinski definition) is 2. The van der Waals surface area contributed by atoms with Gasteiger partial charge in [0, 0.05) is 5.54 Å². The first-order valence-electron chi connectivity index (χ1n) is 5.46. The van der Waals surface area contributed by atoms with Crippen LogP contribution in [0.4, 0.5) is 0 Å². The lowest BCUT2D eigenvalue weighted by Crippen LogP contribution is -2.63. The van der Waals surface area contributed by atoms with Crippen molar-refractivity contribution in [1.82, 2.24) is 0 Å². The van der Waals surface area contributed by atoms with Crippen molar-refractivity contribution < 1.29 is 4.79 Å². The van der Waals surface area contributed by atoms with Gasteiger partial charge in [-0.1, -0.05) is 0 Å². The van der Waals surface area contributed by atoms with E-state index in [4.69, 9.17) is 11.5 Å². The molecule has 0 aromatic rings. The Morgan fingerprint density at radius 2 is 2.14 bits per heavy atom. The van der Waals surface area contributed by atoms with Crippen molar-refractivity contribution in [3.8, 4) is 0 Å². The molecular weight excluding hydrogens is 176 g/mol. The van der Waals surface area contributed by atoms with Gasteiger partial charge in [0.05, 0.1) is 5.41 Å². The van der Waals surface area contributed by atoms with E-state index in [1.807, 2.05) is 0 Å². The first-order valence-corrected chi connectivity index (χ1v) is 5.46. The topological polar surface area (TPSA) is 69.1 Å². The van der Waals surface area contributed by atoms with Crippen LogP contribution in [0.3, 0.4) is 0 Å². The molecule has 4 rings (SSSR count). The van der Waals surface area contributed by atoms with Crippen LogP contribution < -0.4 is 11.5 Å². The zero-order valence-corrected chi connectivity index (χ0v) is 8.33. The van der Waals surface area contributed by atoms with Crippen LogP contribution in [0.1, 0.15) is 32.1 Å². The van der Waals surface area contributed by atoms with Gasteiger partial charge in [0.1, 0.15) is 0 Å². The first kappa shape index (κ1) is 8.72. The minimum atomic E-state index is -0.348. The molecule has 4 atom stereocenters. The average molecular weight is 193 g/mol. The molecule has 4 aliphatic rings. The van der Waals surface area contributed by atoms with Crippen LogP contribution in [0.15, 0.2) is 0 Å². The van der Waals surface area contributed by atoms with Gasteiger partial charge in [-0.2, -0.15) is 0 Å². The van der Waals surface area contributed by atoms with Gasteiger partial charge in [-0.3, -0.25) is 4.79 Å². The Morgan fingerprint density at radius 1 is 1.36 bits per heavy atom. The number of carbonyl (C=O) groups is 1. The average Bonchev–Trinajstić information content (AvgIpc) is 1.98. The molecular formula is C11H17N2O. The Hall–Kier alpha value is -0.570. The summed E-state index contributed by atoms with van der Waals surface area (Å²) in [5, 5.41) is 0. The fourth-order valence-corrected chi connectivity index (χ4v) is 4.27. The molecule has 0 aliphatic heterocycles. The normalized spacial score (nSPS) is 54.9. The zero-order valence-electron chi connectivity index (χ0n) is 8.33. The molecule has 0 heterocycles. The van der Waals surface area contributed by atoms with Gasteiger partial charge in [0.25, 0.3) is 0 Å². The second-order valence-electron chi connectivity index (χ2n) is 5.70. The van der Waals surface area contributed by atoms with Crippen molar-refractivity contribution in [3.05, 3.63) is 6.42 Å². The summed E-state index contributed by atoms with van der Waals surface area (Å²) in [6.45, 7) is 0. The fourth-order valence-electron chi connectivity index (χ4n) is 4.27. The lowest BCUT2D eigenvalue weighted by atomic mass is 9.47. The Balaban J connectivity index is 2.00. The van der Waals surface area contributed by atoms with Crippen molar-refractivity contribution in [1.29, 1.82) is 0 Å². The highest BCUT2D eigenvalue weighted by Gasteiger charge is 2.58. The summed E-state index contributed by atoms with van der Waals surface area (Å²) >= 11 is 0. The molecule has 3 nitrogen and oxygen atoms in total. The van der Waals surface area contributed by atoms with Crippen LogP contribution in [0.5, 0.6) is 0 Å². The van der Waals surface area contributed by atoms with E-state index in [1.54, 1.807) is 0 Å². The lowest BCUT2D eigenvalue weighted by molar-refractivity contribution is -0.136. The predicted molar refractivity (Wildman–Crippen MR) is 52.9 cm³/mol. The quantitative estimate of drug-likeness (QED) is 0.639. The van der Waals surface area contributed by atoms with Crippen LogP contribution in [0.25, 0.3) is 0 Å². The molecule has 0 saturated heterocycles. The smallest absolute Gasteiger partial charge is 0.224 e. The largest absolute Gasteiger partial charge is 0.369 e. The molecule has 3 heteroatoms. The Kier molecular flexibility index (Phi) is 1.45. The molecule has 4 bridgehead atoms. The number of carbonyl (C=O) groups excluding carboxylic acids is 1. The van der Waals surface area contributed by atoms with Gasteiger partial charge in [0.15, 0.2) is 0 Å². The van der Waals surface area contributed by atoms with Crippen molar-refractivity contribution >= 4 is 5.91 Å². The van der Waals surface area contributed by atoms with E-state index in [0.717, 1.165) is 25.7 Å². The molecule has 0 aromatic heterocycles. The van der Waals surface area contributed by atoms with Gasteiger partial charge in [-0.25, -0.2) is 0 Å². The Morgan fingerprint density at radius 3 is 2.71 bits per heavy atom. The van der Waals surface area contributed by atoms with Crippen molar-refractivity contribution in [2.75, 3.05) is 0 Å². The zero-order chi connectivity index (χ0) is 9.97. The molecule has 4 N–H and O–H groups in total. The van der Waals surface area contributed by atoms with Gasteiger partial charge in [-0.15, -0.1) is 0 Å². The SMILES string of the molecule is NC(=O)C12[CH]C3CC(CC(N)(C3)C1)C2. The summed E-state index contributed by atoms with van der Waals surface area (Å²) in [7, 11) is 0. The minimum absolute atomic E-state index is 0.0877. The summed E-state index contributed by atoms with van der Waals surface area (Å²) < 4.78 is 0. The molecule has 1 amide bonds. The van der Waals surface area contributed by atoms with E-state index in [1.165, 1.54) is 6.42 Å². The van der Waals surface area contributed by atoms with E-state index in [9.17, 15) is 4.79 Å². The second-order valence-corrected chi connectivity index (χ2v) is 5.70. The number of nitrogens with two attached hydrogens (primary N) is 2. The Labute approximate surface area is 84.2 Å². The molecule has 77 valence electrons. The van der Waals surface area contributed by atoms with E-state index < -0.39 is 0 Å². The molecule has 1 radical (unpaired) electrons. The third kappa shape index (κ3) is 0.991. The second kappa shape index (κ2) is 2.32. The van der Waals surface area contributed by atoms with Crippen LogP contribution in [0.2, 0.25) is 0 Å². The molecule has 0 spiro atoms. The molecule has 4 saturated carbocycles. The molecule has 4 aliphatic carbocycles. The number of primary amides is 1. The number of amides is 1. The maximum atomic E-state index is 11.5. The highest BCUT2D eigenvalue weighted by molar-refractivity contribution is 5.83. The molecule has 14 heavy (non-hydrogen) atoms. The third-order valence-corrected chi connectivity index (χ3v) is 4.37. The summed E-state index contributed by atoms with van der Waals surface area (Å²) in [5.74, 6) is 1.04. The first-order chi connectivity index (χ1) is 6.51. The van der Waals surface area contributed by atoms with E-state index in [-0.39, 0.29) is 16.9 Å². The predicted octanol–water partition coefficient (Wildman–Crippen LogP) is 0.584. The molecule has 4 unspecified atom stereocenters. The van der Waals surface area contributed by atoms with Crippen LogP contribution in [0, 0.1) is 23.7 Å². The van der Waals surface area contributed by atoms with Gasteiger partial charge >= 0.3 is 0 Å². The highest BCUT2D eigenvalue weighted by Crippen LogP contribution is 2.60. The lowest BCUT2D eigenvalue weighted by Gasteiger charge is -2.59. The fraction of sp³-hybridized carbons (Fsp3) is 0.818. The maximum absolute atomic E-state index is 11.5. The summed E-state index contributed by atoms with van der Waals surface area (Å²) in [6.07, 6.45) is 7.36. The van der Waals surface area contributed by atoms with Crippen LogP contribution in [-0.2, 0) is 4.79 Å². The standard InChI is InChI=1S/C11H17N2O/c12-9(14)10-2-7-1-8(3-10)5-11(13,4-7)6-10/h2,7-8H,1,3-6,13H2,(H2,12,14). The van der Waals surface area contributed by atoms with Gasteiger partial charge < -0.3 is 11.5 Å². The van der Waals surface area contributed by atoms with Crippen molar-refractivity contribution in [3.63, 3.8) is 0 Å². The number of rotatable bonds is 1. The van der Waals surface area contributed by atoms with Gasteiger partial charge in [0.2, 0.25) is 5.91 Å². The van der Waals surface area contributed by atoms with Crippen molar-refractivity contribution in [2.24, 2.45) is 28.7 Å². The Bertz CT molecular complexity index is 286. The van der Waals surface area contributed by atoms with E-state index in [2.05, 4.69) is 6.42 Å².